The van der Waals surface area contributed by atoms with Crippen LogP contribution in [0.1, 0.15) is 5.56 Å². The molecule has 0 heterocycles. The summed E-state index contributed by atoms with van der Waals surface area (Å²) in [6, 6.07) is 7.44. The van der Waals surface area contributed by atoms with Crippen LogP contribution >= 0.6 is 0 Å². The summed E-state index contributed by atoms with van der Waals surface area (Å²) in [7, 11) is -4.73. The van der Waals surface area contributed by atoms with Crippen molar-refractivity contribution in [3.05, 3.63) is 29.8 Å². The predicted octanol–water partition coefficient (Wildman–Crippen LogP) is -1.40. The average molecular weight is 230 g/mol. The molecule has 0 amide bonds. The summed E-state index contributed by atoms with van der Waals surface area (Å²) < 4.78 is 8.51. The Kier molecular flexibility index (Phi) is 3.95. The molecule has 0 saturated carbocycles. The van der Waals surface area contributed by atoms with Gasteiger partial charge in [0.1, 0.15) is 0 Å². The molecule has 0 spiro atoms. The van der Waals surface area contributed by atoms with E-state index in [-0.39, 0.29) is 9.76 Å². The van der Waals surface area contributed by atoms with E-state index in [0.29, 0.717) is 0 Å². The Bertz CT molecular complexity index is 298. The molecule has 1 rings (SSSR count). The number of benzene rings is 1. The van der Waals surface area contributed by atoms with E-state index in [1.807, 2.05) is 31.2 Å². The van der Waals surface area contributed by atoms with Gasteiger partial charge in [-0.2, -0.15) is 0 Å². The standard InChI is InChI=1S/C7H10O5Si2/c1-6-4-2-3-5-7(6)13-11-12-14(8,9)10/h2-5,8-10H,1H3. The molecule has 3 N–H and O–H groups in total. The van der Waals surface area contributed by atoms with Crippen molar-refractivity contribution in [1.82, 2.24) is 0 Å². The van der Waals surface area contributed by atoms with Crippen molar-refractivity contribution in [3.8, 4) is 0 Å². The molecule has 5 nitrogen and oxygen atoms in total. The summed E-state index contributed by atoms with van der Waals surface area (Å²) >= 11 is 0. The van der Waals surface area contributed by atoms with Crippen molar-refractivity contribution in [2.24, 2.45) is 0 Å². The van der Waals surface area contributed by atoms with Crippen molar-refractivity contribution in [3.63, 3.8) is 0 Å². The van der Waals surface area contributed by atoms with Crippen LogP contribution in [-0.4, -0.2) is 33.2 Å². The van der Waals surface area contributed by atoms with Crippen LogP contribution in [0, 0.1) is 6.92 Å². The summed E-state index contributed by atoms with van der Waals surface area (Å²) in [4.78, 5) is 25.4. The highest BCUT2D eigenvalue weighted by atomic mass is 28.4. The van der Waals surface area contributed by atoms with E-state index < -0.39 is 9.05 Å². The van der Waals surface area contributed by atoms with E-state index in [9.17, 15) is 0 Å². The maximum Gasteiger partial charge on any atom is 0.698 e. The van der Waals surface area contributed by atoms with E-state index in [1.54, 1.807) is 0 Å². The molecule has 0 fully saturated rings. The molecule has 0 aliphatic heterocycles. The summed E-state index contributed by atoms with van der Waals surface area (Å²) in [5.41, 5.74) is 1.01. The highest BCUT2D eigenvalue weighted by Gasteiger charge is 2.32. The highest BCUT2D eigenvalue weighted by molar-refractivity contribution is 6.50. The van der Waals surface area contributed by atoms with Crippen LogP contribution in [0.2, 0.25) is 0 Å². The summed E-state index contributed by atoms with van der Waals surface area (Å²) in [5.74, 6) is 0. The van der Waals surface area contributed by atoms with Crippen molar-refractivity contribution >= 4 is 24.0 Å². The van der Waals surface area contributed by atoms with Crippen molar-refractivity contribution in [2.75, 3.05) is 0 Å². The topological polar surface area (TPSA) is 79.2 Å². The van der Waals surface area contributed by atoms with Crippen LogP contribution in [0.25, 0.3) is 0 Å². The van der Waals surface area contributed by atoms with Crippen LogP contribution in [0.5, 0.6) is 0 Å². The third-order valence-corrected chi connectivity index (χ3v) is 2.87. The Morgan fingerprint density at radius 3 is 2.43 bits per heavy atom. The Morgan fingerprint density at radius 2 is 1.86 bits per heavy atom. The normalized spacial score (nSPS) is 11.7. The zero-order valence-electron chi connectivity index (χ0n) is 7.47. The molecule has 1 aromatic rings. The molecule has 0 aliphatic carbocycles. The van der Waals surface area contributed by atoms with Crippen LogP contribution < -0.4 is 5.19 Å². The fourth-order valence-corrected chi connectivity index (χ4v) is 1.92. The Labute approximate surface area is 84.9 Å². The van der Waals surface area contributed by atoms with Crippen molar-refractivity contribution in [2.45, 2.75) is 6.92 Å². The van der Waals surface area contributed by atoms with Gasteiger partial charge in [0.25, 0.3) is 0 Å². The maximum absolute atomic E-state index is 8.47. The first-order valence-corrected chi connectivity index (χ1v) is 6.48. The van der Waals surface area contributed by atoms with E-state index >= 15 is 0 Å². The lowest BCUT2D eigenvalue weighted by Gasteiger charge is -2.09. The first-order valence-electron chi connectivity index (χ1n) is 3.82. The van der Waals surface area contributed by atoms with Gasteiger partial charge in [0.2, 0.25) is 0 Å². The molecule has 0 atom stereocenters. The average Bonchev–Trinajstić information content (AvgIpc) is 2.06. The van der Waals surface area contributed by atoms with Gasteiger partial charge in [-0.25, -0.2) is 4.58 Å². The fraction of sp³-hybridized carbons (Fsp3) is 0.143. The molecule has 0 saturated heterocycles. The molecule has 2 radical (unpaired) electrons. The number of rotatable bonds is 4. The van der Waals surface area contributed by atoms with Gasteiger partial charge in [0, 0.05) is 0 Å². The molecule has 0 aliphatic rings. The minimum atomic E-state index is -4.54. The lowest BCUT2D eigenvalue weighted by atomic mass is 10.2. The molecular weight excluding hydrogens is 220 g/mol. The molecular formula is C7H10O5Si2. The summed E-state index contributed by atoms with van der Waals surface area (Å²) in [6.45, 7) is 1.90. The van der Waals surface area contributed by atoms with Crippen molar-refractivity contribution < 1.29 is 23.5 Å². The third-order valence-electron chi connectivity index (χ3n) is 1.45. The van der Waals surface area contributed by atoms with Gasteiger partial charge in [-0.15, -0.1) is 0 Å². The Balaban J connectivity index is 2.43. The lowest BCUT2D eigenvalue weighted by molar-refractivity contribution is -0.176. The number of hydrogen-bond donors (Lipinski definition) is 3. The summed E-state index contributed by atoms with van der Waals surface area (Å²) in [5, 5.41) is 0.880. The van der Waals surface area contributed by atoms with Crippen LogP contribution in [0.3, 0.4) is 0 Å². The van der Waals surface area contributed by atoms with Gasteiger partial charge < -0.3 is 14.4 Å². The molecule has 76 valence electrons. The molecule has 14 heavy (non-hydrogen) atoms. The highest BCUT2D eigenvalue weighted by Crippen LogP contribution is 1.94. The van der Waals surface area contributed by atoms with Gasteiger partial charge in [-0.05, 0) is 17.7 Å². The smallest absolute Gasteiger partial charge is 0.366 e. The minimum absolute atomic E-state index is 0.191. The van der Waals surface area contributed by atoms with Crippen LogP contribution in [0.4, 0.5) is 0 Å². The number of hydrogen-bond acceptors (Lipinski definition) is 5. The largest absolute Gasteiger partial charge is 0.698 e. The van der Waals surface area contributed by atoms with Crippen LogP contribution in [-0.2, 0) is 9.15 Å². The van der Waals surface area contributed by atoms with Crippen LogP contribution in [0.15, 0.2) is 24.3 Å². The minimum Gasteiger partial charge on any atom is -0.366 e. The molecule has 0 unspecified atom stereocenters. The Morgan fingerprint density at radius 1 is 1.21 bits per heavy atom. The van der Waals surface area contributed by atoms with E-state index in [4.69, 9.17) is 14.4 Å². The van der Waals surface area contributed by atoms with E-state index in [1.165, 1.54) is 0 Å². The fourth-order valence-electron chi connectivity index (χ4n) is 0.809. The van der Waals surface area contributed by atoms with Gasteiger partial charge in [-0.1, -0.05) is 24.3 Å². The van der Waals surface area contributed by atoms with E-state index in [0.717, 1.165) is 10.8 Å². The molecule has 1 aromatic carbocycles. The van der Waals surface area contributed by atoms with Gasteiger partial charge in [0.15, 0.2) is 0 Å². The first kappa shape index (κ1) is 11.5. The number of aryl methyl sites for hydroxylation is 1. The second-order valence-corrected chi connectivity index (χ2v) is 4.88. The maximum atomic E-state index is 8.47. The van der Waals surface area contributed by atoms with Gasteiger partial charge >= 0.3 is 18.8 Å². The molecule has 0 bridgehead atoms. The lowest BCUT2D eigenvalue weighted by Crippen LogP contribution is -2.40. The molecule has 0 aromatic heterocycles. The molecule has 7 heteroatoms. The first-order chi connectivity index (χ1) is 6.49. The summed E-state index contributed by atoms with van der Waals surface area (Å²) in [6.07, 6.45) is 0. The van der Waals surface area contributed by atoms with Gasteiger partial charge in [-0.3, -0.25) is 4.58 Å². The second-order valence-electron chi connectivity index (χ2n) is 2.66. The van der Waals surface area contributed by atoms with E-state index in [2.05, 4.69) is 9.15 Å². The quantitative estimate of drug-likeness (QED) is 0.337. The monoisotopic (exact) mass is 230 g/mol. The predicted molar refractivity (Wildman–Crippen MR) is 51.1 cm³/mol. The second kappa shape index (κ2) is 4.80. The van der Waals surface area contributed by atoms with Gasteiger partial charge in [0.05, 0.1) is 0 Å². The van der Waals surface area contributed by atoms with Crippen molar-refractivity contribution in [1.29, 1.82) is 0 Å². The Hall–Kier alpha value is -0.546. The zero-order chi connectivity index (χ0) is 10.6. The third kappa shape index (κ3) is 4.11. The SMILES string of the molecule is Cc1ccccc1[Si]OO[Si](O)(O)O. The zero-order valence-corrected chi connectivity index (χ0v) is 9.47.